The lowest BCUT2D eigenvalue weighted by Gasteiger charge is -2.55. The second-order valence-electron chi connectivity index (χ2n) is 7.05. The summed E-state index contributed by atoms with van der Waals surface area (Å²) >= 11 is 0. The molecule has 3 aliphatic heterocycles. The van der Waals surface area contributed by atoms with Crippen molar-refractivity contribution in [3.63, 3.8) is 0 Å². The molecule has 1 aliphatic carbocycles. The van der Waals surface area contributed by atoms with Crippen LogP contribution in [-0.2, 0) is 36.9 Å². The molecule has 3 saturated heterocycles. The molecule has 1 saturated carbocycles. The van der Waals surface area contributed by atoms with Crippen LogP contribution in [0.2, 0.25) is 0 Å². The first-order chi connectivity index (χ1) is 13.8. The van der Waals surface area contributed by atoms with E-state index in [9.17, 15) is 5.21 Å². The van der Waals surface area contributed by atoms with Crippen molar-refractivity contribution in [1.82, 2.24) is 0 Å². The third kappa shape index (κ3) is 3.21. The van der Waals surface area contributed by atoms with Gasteiger partial charge in [-0.15, -0.1) is 0 Å². The molecule has 0 radical (unpaired) electrons. The molecule has 4 bridgehead atoms. The van der Waals surface area contributed by atoms with Crippen molar-refractivity contribution < 1.29 is 28.9 Å². The van der Waals surface area contributed by atoms with E-state index in [2.05, 4.69) is 5.16 Å². The van der Waals surface area contributed by atoms with Crippen molar-refractivity contribution in [2.75, 3.05) is 0 Å². The summed E-state index contributed by atoms with van der Waals surface area (Å²) in [5.74, 6) is 0. The van der Waals surface area contributed by atoms with Gasteiger partial charge in [-0.25, -0.2) is 0 Å². The van der Waals surface area contributed by atoms with E-state index in [1.54, 1.807) is 0 Å². The van der Waals surface area contributed by atoms with E-state index in [0.717, 1.165) is 11.1 Å². The third-order valence-electron chi connectivity index (χ3n) is 5.30. The lowest BCUT2D eigenvalue weighted by atomic mass is 9.83. The minimum atomic E-state index is -0.793. The Bertz CT molecular complexity index is 766. The summed E-state index contributed by atoms with van der Waals surface area (Å²) in [4.78, 5) is 0. The van der Waals surface area contributed by atoms with Crippen molar-refractivity contribution in [2.24, 2.45) is 5.16 Å². The fourth-order valence-corrected chi connectivity index (χ4v) is 3.95. The van der Waals surface area contributed by atoms with Crippen molar-refractivity contribution in [3.8, 4) is 0 Å². The Balaban J connectivity index is 1.35. The first-order valence-corrected chi connectivity index (χ1v) is 9.33. The molecule has 4 atom stereocenters. The molecular formula is C21H21NO6. The summed E-state index contributed by atoms with van der Waals surface area (Å²) in [5, 5.41) is 13.0. The number of benzene rings is 2. The van der Waals surface area contributed by atoms with Crippen LogP contribution < -0.4 is 0 Å². The molecule has 1 N–H and O–H groups in total. The van der Waals surface area contributed by atoms with Gasteiger partial charge in [-0.3, -0.25) is 0 Å². The quantitative estimate of drug-likeness (QED) is 0.610. The van der Waals surface area contributed by atoms with Gasteiger partial charge in [-0.1, -0.05) is 65.8 Å². The van der Waals surface area contributed by atoms with Gasteiger partial charge in [0.15, 0.2) is 0 Å². The minimum Gasteiger partial charge on any atom is -0.411 e. The van der Waals surface area contributed by atoms with Crippen LogP contribution in [0.1, 0.15) is 11.1 Å². The summed E-state index contributed by atoms with van der Waals surface area (Å²) in [6, 6.07) is 19.7. The number of nitrogens with zero attached hydrogens (tertiary/aromatic N) is 1. The highest BCUT2D eigenvalue weighted by Crippen LogP contribution is 2.41. The Kier molecular flexibility index (Phi) is 4.84. The maximum Gasteiger partial charge on any atom is 0.273 e. The van der Waals surface area contributed by atoms with Gasteiger partial charge in [-0.05, 0) is 11.1 Å². The van der Waals surface area contributed by atoms with E-state index < -0.39 is 30.9 Å². The van der Waals surface area contributed by atoms with Gasteiger partial charge < -0.3 is 28.9 Å². The van der Waals surface area contributed by atoms with Gasteiger partial charge >= 0.3 is 0 Å². The molecule has 7 nitrogen and oxygen atoms in total. The molecule has 6 rings (SSSR count). The Labute approximate surface area is 162 Å². The normalized spacial score (nSPS) is 33.2. The van der Waals surface area contributed by atoms with Crippen LogP contribution in [0.5, 0.6) is 0 Å². The van der Waals surface area contributed by atoms with Crippen molar-refractivity contribution in [3.05, 3.63) is 71.8 Å². The molecule has 0 aromatic heterocycles. The molecule has 7 heteroatoms. The Morgan fingerprint density at radius 1 is 0.750 bits per heavy atom. The molecule has 0 amide bonds. The Morgan fingerprint density at radius 2 is 1.25 bits per heavy atom. The highest BCUT2D eigenvalue weighted by molar-refractivity contribution is 5.95. The van der Waals surface area contributed by atoms with Gasteiger partial charge in [0.25, 0.3) is 6.48 Å². The second-order valence-corrected chi connectivity index (χ2v) is 7.05. The van der Waals surface area contributed by atoms with Crippen LogP contribution >= 0.6 is 0 Å². The van der Waals surface area contributed by atoms with Crippen LogP contribution in [0.3, 0.4) is 0 Å². The summed E-state index contributed by atoms with van der Waals surface area (Å²) in [7, 11) is 0. The highest BCUT2D eigenvalue weighted by atomic mass is 16.9. The smallest absolute Gasteiger partial charge is 0.273 e. The molecule has 4 aliphatic rings. The number of ether oxygens (including phenoxy) is 5. The topological polar surface area (TPSA) is 78.7 Å². The zero-order valence-electron chi connectivity index (χ0n) is 15.1. The molecule has 2 aromatic carbocycles. The van der Waals surface area contributed by atoms with E-state index in [1.165, 1.54) is 0 Å². The molecule has 2 aromatic rings. The maximum atomic E-state index is 9.58. The zero-order valence-corrected chi connectivity index (χ0v) is 15.1. The molecule has 4 unspecified atom stereocenters. The fraction of sp³-hybridized carbons (Fsp3) is 0.381. The molecule has 0 spiro atoms. The lowest BCUT2D eigenvalue weighted by molar-refractivity contribution is -0.438. The Hall–Kier alpha value is -2.29. The lowest BCUT2D eigenvalue weighted by Crippen LogP contribution is -2.74. The van der Waals surface area contributed by atoms with Crippen LogP contribution in [0.15, 0.2) is 65.8 Å². The first kappa shape index (κ1) is 17.8. The van der Waals surface area contributed by atoms with Crippen LogP contribution in [0.4, 0.5) is 0 Å². The highest BCUT2D eigenvalue weighted by Gasteiger charge is 2.62. The Morgan fingerprint density at radius 3 is 1.71 bits per heavy atom. The molecular weight excluding hydrogens is 362 g/mol. The van der Waals surface area contributed by atoms with E-state index in [4.69, 9.17) is 23.7 Å². The molecule has 4 fully saturated rings. The molecule has 28 heavy (non-hydrogen) atoms. The first-order valence-electron chi connectivity index (χ1n) is 9.33. The van der Waals surface area contributed by atoms with E-state index in [1.807, 2.05) is 60.7 Å². The maximum absolute atomic E-state index is 9.58. The van der Waals surface area contributed by atoms with Crippen LogP contribution in [0, 0.1) is 0 Å². The number of hydrogen-bond acceptors (Lipinski definition) is 7. The third-order valence-corrected chi connectivity index (χ3v) is 5.30. The van der Waals surface area contributed by atoms with Gasteiger partial charge in [0, 0.05) is 0 Å². The summed E-state index contributed by atoms with van der Waals surface area (Å²) in [5.41, 5.74) is 2.46. The molecule has 146 valence electrons. The SMILES string of the molecule is ON=C1C2OC3OC1C(OCc1ccccc1)C(O3)C2OCc1ccccc1. The standard InChI is InChI=1S/C21H21NO6/c23-22-15-16-18(24-11-13-7-3-1-4-8-13)20-19(17(15)27-21(26-16)28-20)25-12-14-9-5-2-6-10-14/h1-10,16-21,23H,11-12H2. The summed E-state index contributed by atoms with van der Waals surface area (Å²) < 4.78 is 29.6. The predicted molar refractivity (Wildman–Crippen MR) is 97.7 cm³/mol. The van der Waals surface area contributed by atoms with Crippen LogP contribution in [-0.4, -0.2) is 47.9 Å². The average molecular weight is 383 g/mol. The van der Waals surface area contributed by atoms with Gasteiger partial charge in [0.2, 0.25) is 0 Å². The second kappa shape index (κ2) is 7.62. The minimum absolute atomic E-state index is 0.375. The monoisotopic (exact) mass is 383 g/mol. The van der Waals surface area contributed by atoms with Crippen LogP contribution in [0.25, 0.3) is 0 Å². The summed E-state index contributed by atoms with van der Waals surface area (Å²) in [6.07, 6.45) is -2.33. The van der Waals surface area contributed by atoms with Crippen molar-refractivity contribution in [1.29, 1.82) is 0 Å². The van der Waals surface area contributed by atoms with E-state index in [0.29, 0.717) is 18.9 Å². The van der Waals surface area contributed by atoms with E-state index >= 15 is 0 Å². The molecule has 3 heterocycles. The van der Waals surface area contributed by atoms with Gasteiger partial charge in [0.05, 0.1) is 13.2 Å². The van der Waals surface area contributed by atoms with Gasteiger partial charge in [0.1, 0.15) is 36.2 Å². The number of rotatable bonds is 6. The average Bonchev–Trinajstić information content (AvgIpc) is 2.74. The number of oxime groups is 1. The fourth-order valence-electron chi connectivity index (χ4n) is 3.95. The largest absolute Gasteiger partial charge is 0.411 e. The van der Waals surface area contributed by atoms with Crippen molar-refractivity contribution in [2.45, 2.75) is 50.2 Å². The van der Waals surface area contributed by atoms with Crippen molar-refractivity contribution >= 4 is 5.71 Å². The summed E-state index contributed by atoms with van der Waals surface area (Å²) in [6.45, 7) is -0.00416. The number of hydrogen-bond donors (Lipinski definition) is 1. The predicted octanol–water partition coefficient (Wildman–Crippen LogP) is 2.47. The van der Waals surface area contributed by atoms with Gasteiger partial charge in [-0.2, -0.15) is 0 Å². The zero-order chi connectivity index (χ0) is 18.9. The van der Waals surface area contributed by atoms with E-state index in [-0.39, 0.29) is 6.10 Å².